The maximum Gasteiger partial charge on any atom is 0.264 e. The Bertz CT molecular complexity index is 811. The third-order valence-electron chi connectivity index (χ3n) is 4.35. The predicted octanol–water partition coefficient (Wildman–Crippen LogP) is 2.26. The van der Waals surface area contributed by atoms with Gasteiger partial charge in [-0.2, -0.15) is 0 Å². The summed E-state index contributed by atoms with van der Waals surface area (Å²) >= 11 is 5.78. The number of amides is 2. The zero-order valence-corrected chi connectivity index (χ0v) is 14.7. The van der Waals surface area contributed by atoms with Crippen molar-refractivity contribution in [2.75, 3.05) is 6.54 Å². The van der Waals surface area contributed by atoms with Crippen molar-refractivity contribution in [3.8, 4) is 0 Å². The van der Waals surface area contributed by atoms with Crippen molar-refractivity contribution >= 4 is 23.4 Å². The van der Waals surface area contributed by atoms with Crippen molar-refractivity contribution in [3.05, 3.63) is 70.5 Å². The minimum Gasteiger partial charge on any atom is -0.372 e. The number of aliphatic hydroxyl groups is 1. The first-order valence-corrected chi connectivity index (χ1v) is 8.55. The van der Waals surface area contributed by atoms with E-state index in [0.717, 1.165) is 11.6 Å². The number of nitrogens with one attached hydrogen (secondary N) is 1. The number of benzene rings is 2. The summed E-state index contributed by atoms with van der Waals surface area (Å²) in [7, 11) is 0. The number of carbonyl (C=O) groups excluding carboxylic acids is 2. The van der Waals surface area contributed by atoms with Crippen LogP contribution in [0.2, 0.25) is 5.02 Å². The van der Waals surface area contributed by atoms with Crippen LogP contribution in [0.1, 0.15) is 17.5 Å². The fourth-order valence-corrected chi connectivity index (χ4v) is 3.22. The molecule has 1 fully saturated rings. The molecule has 2 amide bonds. The summed E-state index contributed by atoms with van der Waals surface area (Å²) in [5.74, 6) is -1.94. The number of halogens is 2. The Balaban J connectivity index is 1.64. The Morgan fingerprint density at radius 3 is 2.65 bits per heavy atom. The van der Waals surface area contributed by atoms with E-state index in [1.807, 2.05) is 30.3 Å². The molecule has 26 heavy (non-hydrogen) atoms. The van der Waals surface area contributed by atoms with Crippen LogP contribution in [-0.4, -0.2) is 34.0 Å². The highest BCUT2D eigenvalue weighted by Gasteiger charge is 2.51. The first-order chi connectivity index (χ1) is 12.4. The average molecular weight is 377 g/mol. The molecule has 1 atom stereocenters. The van der Waals surface area contributed by atoms with E-state index in [4.69, 9.17) is 11.6 Å². The number of hydrogen-bond acceptors (Lipinski definition) is 3. The van der Waals surface area contributed by atoms with E-state index < -0.39 is 23.2 Å². The van der Waals surface area contributed by atoms with E-state index in [1.165, 1.54) is 17.0 Å². The van der Waals surface area contributed by atoms with E-state index in [-0.39, 0.29) is 24.5 Å². The molecule has 3 rings (SSSR count). The van der Waals surface area contributed by atoms with Gasteiger partial charge < -0.3 is 15.3 Å². The molecule has 1 unspecified atom stereocenters. The second-order valence-electron chi connectivity index (χ2n) is 6.28. The standard InChI is InChI=1S/C19H18ClFN2O3/c20-15-8-14(9-16(21)10-15)11-22-17(24)19(26)6-7-23(18(19)25)12-13-4-2-1-3-5-13/h1-5,8-10,26H,6-7,11-12H2,(H,22,24). The van der Waals surface area contributed by atoms with Crippen LogP contribution in [0, 0.1) is 5.82 Å². The smallest absolute Gasteiger partial charge is 0.264 e. The summed E-state index contributed by atoms with van der Waals surface area (Å²) in [6.07, 6.45) is 0.00834. The van der Waals surface area contributed by atoms with Crippen LogP contribution in [0.4, 0.5) is 4.39 Å². The van der Waals surface area contributed by atoms with Crippen LogP contribution in [0.25, 0.3) is 0 Å². The molecule has 1 aliphatic rings. The molecule has 5 nitrogen and oxygen atoms in total. The normalized spacial score (nSPS) is 19.7. The van der Waals surface area contributed by atoms with E-state index in [1.54, 1.807) is 0 Å². The summed E-state index contributed by atoms with van der Waals surface area (Å²) < 4.78 is 13.3. The van der Waals surface area contributed by atoms with Gasteiger partial charge in [0, 0.05) is 31.1 Å². The van der Waals surface area contributed by atoms with Crippen LogP contribution in [0.15, 0.2) is 48.5 Å². The Morgan fingerprint density at radius 1 is 1.23 bits per heavy atom. The number of carbonyl (C=O) groups is 2. The molecule has 2 aromatic carbocycles. The largest absolute Gasteiger partial charge is 0.372 e. The third-order valence-corrected chi connectivity index (χ3v) is 4.57. The minimum atomic E-state index is -2.11. The van der Waals surface area contributed by atoms with E-state index >= 15 is 0 Å². The summed E-state index contributed by atoms with van der Waals surface area (Å²) in [5.41, 5.74) is -0.746. The Hall–Kier alpha value is -2.44. The van der Waals surface area contributed by atoms with Gasteiger partial charge in [-0.1, -0.05) is 41.9 Å². The summed E-state index contributed by atoms with van der Waals surface area (Å²) in [6.45, 7) is 0.572. The minimum absolute atomic E-state index is 0.00834. The van der Waals surface area contributed by atoms with Gasteiger partial charge in [-0.15, -0.1) is 0 Å². The third kappa shape index (κ3) is 3.86. The number of likely N-dealkylation sites (tertiary alicyclic amines) is 1. The van der Waals surface area contributed by atoms with Crippen molar-refractivity contribution in [2.45, 2.75) is 25.1 Å². The fraction of sp³-hybridized carbons (Fsp3) is 0.263. The highest BCUT2D eigenvalue weighted by molar-refractivity contribution is 6.30. The molecule has 0 aromatic heterocycles. The van der Waals surface area contributed by atoms with Crippen LogP contribution in [-0.2, 0) is 22.7 Å². The van der Waals surface area contributed by atoms with Gasteiger partial charge in [0.25, 0.3) is 11.8 Å². The van der Waals surface area contributed by atoms with Crippen LogP contribution < -0.4 is 5.32 Å². The number of hydrogen-bond donors (Lipinski definition) is 2. The van der Waals surface area contributed by atoms with Gasteiger partial charge in [-0.25, -0.2) is 4.39 Å². The molecule has 136 valence electrons. The molecule has 2 aromatic rings. The second kappa shape index (κ2) is 7.43. The van der Waals surface area contributed by atoms with Crippen LogP contribution in [0.5, 0.6) is 0 Å². The fourth-order valence-electron chi connectivity index (χ4n) is 2.97. The lowest BCUT2D eigenvalue weighted by Crippen LogP contribution is -2.52. The first kappa shape index (κ1) is 18.4. The monoisotopic (exact) mass is 376 g/mol. The van der Waals surface area contributed by atoms with Crippen molar-refractivity contribution in [1.82, 2.24) is 10.2 Å². The quantitative estimate of drug-likeness (QED) is 0.786. The average Bonchev–Trinajstić information content (AvgIpc) is 2.89. The van der Waals surface area contributed by atoms with E-state index in [9.17, 15) is 19.1 Å². The topological polar surface area (TPSA) is 69.6 Å². The van der Waals surface area contributed by atoms with Gasteiger partial charge in [0.05, 0.1) is 0 Å². The van der Waals surface area contributed by atoms with Gasteiger partial charge in [0.2, 0.25) is 5.60 Å². The molecule has 1 saturated heterocycles. The first-order valence-electron chi connectivity index (χ1n) is 8.17. The van der Waals surface area contributed by atoms with Gasteiger partial charge in [0.15, 0.2) is 0 Å². The molecule has 0 saturated carbocycles. The molecule has 0 aliphatic carbocycles. The summed E-state index contributed by atoms with van der Waals surface area (Å²) in [6, 6.07) is 13.2. The van der Waals surface area contributed by atoms with Crippen LogP contribution in [0.3, 0.4) is 0 Å². The van der Waals surface area contributed by atoms with Crippen molar-refractivity contribution in [3.63, 3.8) is 0 Å². The number of rotatable bonds is 5. The Labute approximate surface area is 155 Å². The van der Waals surface area contributed by atoms with Crippen molar-refractivity contribution in [2.24, 2.45) is 0 Å². The molecule has 2 N–H and O–H groups in total. The maximum atomic E-state index is 13.3. The molecule has 0 radical (unpaired) electrons. The number of nitrogens with zero attached hydrogens (tertiary/aromatic N) is 1. The van der Waals surface area contributed by atoms with Gasteiger partial charge in [-0.3, -0.25) is 9.59 Å². The Morgan fingerprint density at radius 2 is 1.96 bits per heavy atom. The highest BCUT2D eigenvalue weighted by Crippen LogP contribution is 2.25. The van der Waals surface area contributed by atoms with E-state index in [0.29, 0.717) is 12.1 Å². The van der Waals surface area contributed by atoms with E-state index in [2.05, 4.69) is 5.32 Å². The van der Waals surface area contributed by atoms with Crippen molar-refractivity contribution < 1.29 is 19.1 Å². The zero-order chi connectivity index (χ0) is 18.7. The molecule has 0 spiro atoms. The van der Waals surface area contributed by atoms with Gasteiger partial charge >= 0.3 is 0 Å². The summed E-state index contributed by atoms with van der Waals surface area (Å²) in [5, 5.41) is 13.3. The zero-order valence-electron chi connectivity index (χ0n) is 13.9. The summed E-state index contributed by atoms with van der Waals surface area (Å²) in [4.78, 5) is 26.4. The predicted molar refractivity (Wildman–Crippen MR) is 94.7 cm³/mol. The highest BCUT2D eigenvalue weighted by atomic mass is 35.5. The van der Waals surface area contributed by atoms with Gasteiger partial charge in [-0.05, 0) is 29.3 Å². The van der Waals surface area contributed by atoms with Gasteiger partial charge in [0.1, 0.15) is 5.82 Å². The molecule has 1 heterocycles. The molecule has 0 bridgehead atoms. The second-order valence-corrected chi connectivity index (χ2v) is 6.72. The van der Waals surface area contributed by atoms with Crippen molar-refractivity contribution in [1.29, 1.82) is 0 Å². The lowest BCUT2D eigenvalue weighted by atomic mass is 10.0. The molecular weight excluding hydrogens is 359 g/mol. The Kier molecular flexibility index (Phi) is 5.25. The lowest BCUT2D eigenvalue weighted by molar-refractivity contribution is -0.154. The molecule has 7 heteroatoms. The van der Waals surface area contributed by atoms with Crippen LogP contribution >= 0.6 is 11.6 Å². The molecule has 1 aliphatic heterocycles. The molecular formula is C19H18ClFN2O3. The lowest BCUT2D eigenvalue weighted by Gasteiger charge is -2.22. The SMILES string of the molecule is O=C(NCc1cc(F)cc(Cl)c1)C1(O)CCN(Cc2ccccc2)C1=O. The maximum absolute atomic E-state index is 13.3.